The van der Waals surface area contributed by atoms with Gasteiger partial charge in [0.05, 0.1) is 10.7 Å². The molecule has 108 valence electrons. The standard InChI is InChI=1S/C17H17ClN2O/c18-15-6-2-4-8-17(15)20-11-9-19(10-12-20)16-7-3-1-5-14(16)13-21/h1-8,13H,9-12H2. The maximum Gasteiger partial charge on any atom is 0.152 e. The summed E-state index contributed by atoms with van der Waals surface area (Å²) in [6.07, 6.45) is 0.926. The van der Waals surface area contributed by atoms with Crippen molar-refractivity contribution in [2.24, 2.45) is 0 Å². The summed E-state index contributed by atoms with van der Waals surface area (Å²) in [6, 6.07) is 15.7. The summed E-state index contributed by atoms with van der Waals surface area (Å²) in [5.41, 5.74) is 2.86. The molecule has 2 aromatic carbocycles. The van der Waals surface area contributed by atoms with Gasteiger partial charge in [0.1, 0.15) is 0 Å². The molecule has 3 rings (SSSR count). The van der Waals surface area contributed by atoms with Gasteiger partial charge in [-0.05, 0) is 24.3 Å². The number of hydrogen-bond acceptors (Lipinski definition) is 3. The molecule has 21 heavy (non-hydrogen) atoms. The van der Waals surface area contributed by atoms with Gasteiger partial charge >= 0.3 is 0 Å². The maximum atomic E-state index is 11.1. The van der Waals surface area contributed by atoms with E-state index < -0.39 is 0 Å². The van der Waals surface area contributed by atoms with Crippen LogP contribution in [0.1, 0.15) is 10.4 Å². The van der Waals surface area contributed by atoms with Crippen molar-refractivity contribution in [3.05, 3.63) is 59.1 Å². The summed E-state index contributed by atoms with van der Waals surface area (Å²) in [6.45, 7) is 3.57. The number of nitrogens with zero attached hydrogens (tertiary/aromatic N) is 2. The van der Waals surface area contributed by atoms with E-state index in [1.165, 1.54) is 0 Å². The Balaban J connectivity index is 1.73. The maximum absolute atomic E-state index is 11.1. The van der Waals surface area contributed by atoms with Crippen LogP contribution in [0.15, 0.2) is 48.5 Å². The van der Waals surface area contributed by atoms with E-state index in [9.17, 15) is 4.79 Å². The van der Waals surface area contributed by atoms with Crippen molar-refractivity contribution in [3.8, 4) is 0 Å². The van der Waals surface area contributed by atoms with Crippen molar-refractivity contribution in [3.63, 3.8) is 0 Å². The topological polar surface area (TPSA) is 23.6 Å². The van der Waals surface area contributed by atoms with E-state index in [4.69, 9.17) is 11.6 Å². The monoisotopic (exact) mass is 300 g/mol. The van der Waals surface area contributed by atoms with Gasteiger partial charge in [-0.2, -0.15) is 0 Å². The molecule has 0 amide bonds. The molecule has 0 bridgehead atoms. The number of para-hydroxylation sites is 2. The van der Waals surface area contributed by atoms with Gasteiger partial charge in [0.25, 0.3) is 0 Å². The van der Waals surface area contributed by atoms with Gasteiger partial charge in [-0.25, -0.2) is 0 Å². The summed E-state index contributed by atoms with van der Waals surface area (Å²) >= 11 is 6.26. The number of hydrogen-bond donors (Lipinski definition) is 0. The van der Waals surface area contributed by atoms with Crippen molar-refractivity contribution in [1.82, 2.24) is 0 Å². The highest BCUT2D eigenvalue weighted by atomic mass is 35.5. The highest BCUT2D eigenvalue weighted by Gasteiger charge is 2.20. The second-order valence-electron chi connectivity index (χ2n) is 5.10. The Bertz CT molecular complexity index is 636. The minimum atomic E-state index is 0.753. The number of anilines is 2. The fraction of sp³-hybridized carbons (Fsp3) is 0.235. The molecule has 1 aliphatic rings. The molecule has 2 aromatic rings. The van der Waals surface area contributed by atoms with Crippen molar-refractivity contribution >= 4 is 29.3 Å². The normalized spacial score (nSPS) is 15.1. The van der Waals surface area contributed by atoms with Gasteiger partial charge in [0, 0.05) is 37.4 Å². The van der Waals surface area contributed by atoms with Crippen molar-refractivity contribution < 1.29 is 4.79 Å². The molecule has 4 heteroatoms. The van der Waals surface area contributed by atoms with Crippen LogP contribution < -0.4 is 9.80 Å². The van der Waals surface area contributed by atoms with E-state index in [1.807, 2.05) is 42.5 Å². The third kappa shape index (κ3) is 2.88. The lowest BCUT2D eigenvalue weighted by atomic mass is 10.1. The van der Waals surface area contributed by atoms with Gasteiger partial charge < -0.3 is 9.80 Å². The summed E-state index contributed by atoms with van der Waals surface area (Å²) in [4.78, 5) is 15.7. The lowest BCUT2D eigenvalue weighted by molar-refractivity contribution is 0.112. The van der Waals surface area contributed by atoms with Crippen molar-refractivity contribution in [2.75, 3.05) is 36.0 Å². The third-order valence-corrected chi connectivity index (χ3v) is 4.20. The van der Waals surface area contributed by atoms with Crippen LogP contribution in [0.25, 0.3) is 0 Å². The van der Waals surface area contributed by atoms with E-state index in [0.29, 0.717) is 0 Å². The molecule has 1 fully saturated rings. The molecule has 0 aliphatic carbocycles. The fourth-order valence-corrected chi connectivity index (χ4v) is 3.03. The average molecular weight is 301 g/mol. The quantitative estimate of drug-likeness (QED) is 0.811. The van der Waals surface area contributed by atoms with Crippen LogP contribution in [0.2, 0.25) is 5.02 Å². The summed E-state index contributed by atoms with van der Waals surface area (Å²) < 4.78 is 0. The molecule has 3 nitrogen and oxygen atoms in total. The van der Waals surface area contributed by atoms with Crippen molar-refractivity contribution in [2.45, 2.75) is 0 Å². The van der Waals surface area contributed by atoms with Crippen LogP contribution in [-0.2, 0) is 0 Å². The molecular weight excluding hydrogens is 284 g/mol. The highest BCUT2D eigenvalue weighted by molar-refractivity contribution is 6.33. The van der Waals surface area contributed by atoms with Gasteiger partial charge in [0.15, 0.2) is 6.29 Å². The molecule has 1 saturated heterocycles. The first-order chi connectivity index (χ1) is 10.3. The molecule has 0 atom stereocenters. The van der Waals surface area contributed by atoms with E-state index in [1.54, 1.807) is 0 Å². The number of aldehydes is 1. The van der Waals surface area contributed by atoms with E-state index in [2.05, 4.69) is 15.9 Å². The lowest BCUT2D eigenvalue weighted by Crippen LogP contribution is -2.46. The minimum absolute atomic E-state index is 0.753. The fourth-order valence-electron chi connectivity index (χ4n) is 2.77. The Morgan fingerprint density at radius 1 is 0.810 bits per heavy atom. The number of carbonyl (C=O) groups excluding carboxylic acids is 1. The van der Waals surface area contributed by atoms with E-state index in [-0.39, 0.29) is 0 Å². The van der Waals surface area contributed by atoms with E-state index >= 15 is 0 Å². The molecule has 0 saturated carbocycles. The van der Waals surface area contributed by atoms with Crippen LogP contribution in [0, 0.1) is 0 Å². The zero-order valence-electron chi connectivity index (χ0n) is 11.7. The lowest BCUT2D eigenvalue weighted by Gasteiger charge is -2.38. The van der Waals surface area contributed by atoms with Crippen LogP contribution in [0.4, 0.5) is 11.4 Å². The number of benzene rings is 2. The molecule has 1 aliphatic heterocycles. The Hall–Kier alpha value is -2.00. The summed E-state index contributed by atoms with van der Waals surface area (Å²) in [7, 11) is 0. The first-order valence-corrected chi connectivity index (χ1v) is 7.46. The molecule has 0 aromatic heterocycles. The SMILES string of the molecule is O=Cc1ccccc1N1CCN(c2ccccc2Cl)CC1. The van der Waals surface area contributed by atoms with Crippen LogP contribution in [0.5, 0.6) is 0 Å². The second-order valence-corrected chi connectivity index (χ2v) is 5.51. The number of rotatable bonds is 3. The zero-order valence-corrected chi connectivity index (χ0v) is 12.5. The number of carbonyl (C=O) groups is 1. The molecule has 0 unspecified atom stereocenters. The van der Waals surface area contributed by atoms with Gasteiger partial charge in [-0.15, -0.1) is 0 Å². The Morgan fingerprint density at radius 3 is 1.95 bits per heavy atom. The Kier molecular flexibility index (Phi) is 4.11. The van der Waals surface area contributed by atoms with Crippen LogP contribution >= 0.6 is 11.6 Å². The average Bonchev–Trinajstić information content (AvgIpc) is 2.55. The minimum Gasteiger partial charge on any atom is -0.367 e. The molecule has 0 spiro atoms. The second kappa shape index (κ2) is 6.19. The summed E-state index contributed by atoms with van der Waals surface area (Å²) in [5.74, 6) is 0. The van der Waals surface area contributed by atoms with Gasteiger partial charge in [-0.3, -0.25) is 4.79 Å². The third-order valence-electron chi connectivity index (χ3n) is 3.88. The van der Waals surface area contributed by atoms with Crippen LogP contribution in [0.3, 0.4) is 0 Å². The first-order valence-electron chi connectivity index (χ1n) is 7.08. The summed E-state index contributed by atoms with van der Waals surface area (Å²) in [5, 5.41) is 0.791. The molecular formula is C17H17ClN2O. The highest BCUT2D eigenvalue weighted by Crippen LogP contribution is 2.27. The Morgan fingerprint density at radius 2 is 1.33 bits per heavy atom. The molecule has 0 N–H and O–H groups in total. The van der Waals surface area contributed by atoms with Gasteiger partial charge in [-0.1, -0.05) is 35.9 Å². The largest absolute Gasteiger partial charge is 0.367 e. The number of halogens is 1. The van der Waals surface area contributed by atoms with Gasteiger partial charge in [0.2, 0.25) is 0 Å². The first kappa shape index (κ1) is 14.0. The predicted octanol–water partition coefficient (Wildman–Crippen LogP) is 3.48. The van der Waals surface area contributed by atoms with E-state index in [0.717, 1.165) is 54.4 Å². The molecule has 0 radical (unpaired) electrons. The number of piperazine rings is 1. The molecule has 1 heterocycles. The van der Waals surface area contributed by atoms with Crippen molar-refractivity contribution in [1.29, 1.82) is 0 Å². The van der Waals surface area contributed by atoms with Crippen LogP contribution in [-0.4, -0.2) is 32.5 Å². The predicted molar refractivity (Wildman–Crippen MR) is 87.7 cm³/mol. The zero-order chi connectivity index (χ0) is 14.7. The Labute approximate surface area is 129 Å². The smallest absolute Gasteiger partial charge is 0.152 e.